The van der Waals surface area contributed by atoms with Crippen molar-refractivity contribution in [2.75, 3.05) is 6.61 Å². The Labute approximate surface area is 118 Å². The lowest BCUT2D eigenvalue weighted by Crippen LogP contribution is -2.29. The van der Waals surface area contributed by atoms with Crippen LogP contribution in [0.2, 0.25) is 0 Å². The molecule has 0 aliphatic rings. The zero-order valence-electron chi connectivity index (χ0n) is 12.9. The van der Waals surface area contributed by atoms with E-state index in [0.717, 1.165) is 25.4 Å². The van der Waals surface area contributed by atoms with Crippen LogP contribution in [0.1, 0.15) is 57.3 Å². The Hall–Kier alpha value is -0.860. The lowest BCUT2D eigenvalue weighted by atomic mass is 9.99. The summed E-state index contributed by atoms with van der Waals surface area (Å²) in [5.41, 5.74) is 8.67. The van der Waals surface area contributed by atoms with E-state index in [4.69, 9.17) is 10.5 Å². The highest BCUT2D eigenvalue weighted by atomic mass is 16.5. The van der Waals surface area contributed by atoms with Gasteiger partial charge >= 0.3 is 0 Å². The van der Waals surface area contributed by atoms with Gasteiger partial charge in [-0.2, -0.15) is 0 Å². The van der Waals surface area contributed by atoms with Crippen LogP contribution in [0, 0.1) is 12.8 Å². The van der Waals surface area contributed by atoms with E-state index in [1.54, 1.807) is 0 Å². The maximum Gasteiger partial charge on any atom is 0.0975 e. The molecule has 2 unspecified atom stereocenters. The molecule has 0 amide bonds. The summed E-state index contributed by atoms with van der Waals surface area (Å²) in [5.74, 6) is 0.737. The van der Waals surface area contributed by atoms with Gasteiger partial charge in [-0.1, -0.05) is 50.6 Å². The van der Waals surface area contributed by atoms with Gasteiger partial charge in [-0.3, -0.25) is 0 Å². The second-order valence-electron chi connectivity index (χ2n) is 5.81. The number of hydrogen-bond donors (Lipinski definition) is 1. The van der Waals surface area contributed by atoms with Crippen LogP contribution in [-0.4, -0.2) is 12.6 Å². The van der Waals surface area contributed by atoms with Crippen LogP contribution in [0.3, 0.4) is 0 Å². The summed E-state index contributed by atoms with van der Waals surface area (Å²) in [6.07, 6.45) is 3.28. The molecule has 19 heavy (non-hydrogen) atoms. The molecule has 0 radical (unpaired) electrons. The van der Waals surface area contributed by atoms with Gasteiger partial charge in [0.15, 0.2) is 0 Å². The molecular formula is C17H29NO. The summed E-state index contributed by atoms with van der Waals surface area (Å²) in [4.78, 5) is 0. The monoisotopic (exact) mass is 263 g/mol. The molecule has 0 saturated carbocycles. The van der Waals surface area contributed by atoms with Crippen LogP contribution < -0.4 is 5.73 Å². The second kappa shape index (κ2) is 8.34. The summed E-state index contributed by atoms with van der Waals surface area (Å²) in [5, 5.41) is 0. The van der Waals surface area contributed by atoms with Crippen LogP contribution in [0.5, 0.6) is 0 Å². The standard InChI is InChI=1S/C17H29NO/c1-5-16(18)17(19-12-6-7-13(2)3)15-10-8-14(4)9-11-15/h8-11,13,16-17H,5-7,12,18H2,1-4H3. The molecule has 0 fully saturated rings. The fraction of sp³-hybridized carbons (Fsp3) is 0.647. The molecule has 1 aromatic carbocycles. The van der Waals surface area contributed by atoms with E-state index in [0.29, 0.717) is 0 Å². The first-order chi connectivity index (χ1) is 9.04. The summed E-state index contributed by atoms with van der Waals surface area (Å²) < 4.78 is 6.05. The third-order valence-electron chi connectivity index (χ3n) is 3.49. The fourth-order valence-corrected chi connectivity index (χ4v) is 2.14. The van der Waals surface area contributed by atoms with Crippen molar-refractivity contribution in [1.29, 1.82) is 0 Å². The van der Waals surface area contributed by atoms with Gasteiger partial charge in [0, 0.05) is 12.6 Å². The van der Waals surface area contributed by atoms with E-state index in [1.165, 1.54) is 17.5 Å². The van der Waals surface area contributed by atoms with Crippen molar-refractivity contribution in [3.8, 4) is 0 Å². The lowest BCUT2D eigenvalue weighted by Gasteiger charge is -2.24. The fourth-order valence-electron chi connectivity index (χ4n) is 2.14. The molecule has 0 saturated heterocycles. The van der Waals surface area contributed by atoms with Crippen molar-refractivity contribution >= 4 is 0 Å². The molecule has 1 rings (SSSR count). The minimum atomic E-state index is 0.0257. The number of hydrogen-bond acceptors (Lipinski definition) is 2. The summed E-state index contributed by atoms with van der Waals surface area (Å²) in [6.45, 7) is 9.50. The third kappa shape index (κ3) is 5.75. The van der Waals surface area contributed by atoms with Gasteiger partial charge in [0.05, 0.1) is 6.10 Å². The van der Waals surface area contributed by atoms with Gasteiger partial charge < -0.3 is 10.5 Å². The Morgan fingerprint density at radius 1 is 1.16 bits per heavy atom. The molecule has 1 aromatic rings. The molecule has 2 heteroatoms. The topological polar surface area (TPSA) is 35.2 Å². The molecule has 2 nitrogen and oxygen atoms in total. The van der Waals surface area contributed by atoms with Gasteiger partial charge in [-0.15, -0.1) is 0 Å². The van der Waals surface area contributed by atoms with Crippen molar-refractivity contribution in [1.82, 2.24) is 0 Å². The van der Waals surface area contributed by atoms with Crippen LogP contribution in [0.25, 0.3) is 0 Å². The number of nitrogens with two attached hydrogens (primary N) is 1. The first-order valence-electron chi connectivity index (χ1n) is 7.48. The predicted octanol–water partition coefficient (Wildman–Crippen LogP) is 4.23. The van der Waals surface area contributed by atoms with E-state index in [2.05, 4.69) is 52.0 Å². The summed E-state index contributed by atoms with van der Waals surface area (Å²) in [6, 6.07) is 8.60. The number of aryl methyl sites for hydroxylation is 1. The highest BCUT2D eigenvalue weighted by molar-refractivity contribution is 5.24. The Morgan fingerprint density at radius 2 is 1.79 bits per heavy atom. The van der Waals surface area contributed by atoms with E-state index >= 15 is 0 Å². The van der Waals surface area contributed by atoms with E-state index in [9.17, 15) is 0 Å². The normalized spacial score (nSPS) is 14.6. The lowest BCUT2D eigenvalue weighted by molar-refractivity contribution is 0.0301. The van der Waals surface area contributed by atoms with Crippen molar-refractivity contribution < 1.29 is 4.74 Å². The van der Waals surface area contributed by atoms with Crippen LogP contribution in [0.4, 0.5) is 0 Å². The smallest absolute Gasteiger partial charge is 0.0975 e. The van der Waals surface area contributed by atoms with Crippen molar-refractivity contribution in [2.24, 2.45) is 11.7 Å². The second-order valence-corrected chi connectivity index (χ2v) is 5.81. The minimum absolute atomic E-state index is 0.0257. The van der Waals surface area contributed by atoms with Gasteiger partial charge in [0.2, 0.25) is 0 Å². The molecule has 0 heterocycles. The summed E-state index contributed by atoms with van der Waals surface area (Å²) in [7, 11) is 0. The van der Waals surface area contributed by atoms with Crippen LogP contribution >= 0.6 is 0 Å². The Morgan fingerprint density at radius 3 is 2.32 bits per heavy atom. The van der Waals surface area contributed by atoms with Crippen molar-refractivity contribution in [2.45, 2.75) is 59.1 Å². The Kier molecular flexibility index (Phi) is 7.11. The molecule has 108 valence electrons. The van der Waals surface area contributed by atoms with Crippen molar-refractivity contribution in [3.63, 3.8) is 0 Å². The molecule has 0 bridgehead atoms. The number of rotatable bonds is 8. The molecule has 0 spiro atoms. The number of ether oxygens (including phenoxy) is 1. The molecule has 0 aliphatic carbocycles. The SMILES string of the molecule is CCC(N)C(OCCCC(C)C)c1ccc(C)cc1. The molecule has 0 aromatic heterocycles. The number of benzene rings is 1. The highest BCUT2D eigenvalue weighted by Gasteiger charge is 2.18. The van der Waals surface area contributed by atoms with Gasteiger partial charge in [-0.05, 0) is 37.7 Å². The third-order valence-corrected chi connectivity index (χ3v) is 3.49. The molecule has 2 N–H and O–H groups in total. The summed E-state index contributed by atoms with van der Waals surface area (Å²) >= 11 is 0. The van der Waals surface area contributed by atoms with Crippen molar-refractivity contribution in [3.05, 3.63) is 35.4 Å². The first-order valence-corrected chi connectivity index (χ1v) is 7.48. The minimum Gasteiger partial charge on any atom is -0.372 e. The average Bonchev–Trinajstić information content (AvgIpc) is 2.39. The maximum absolute atomic E-state index is 6.20. The maximum atomic E-state index is 6.20. The zero-order chi connectivity index (χ0) is 14.3. The van der Waals surface area contributed by atoms with Crippen LogP contribution in [0.15, 0.2) is 24.3 Å². The quantitative estimate of drug-likeness (QED) is 0.712. The largest absolute Gasteiger partial charge is 0.372 e. The first kappa shape index (κ1) is 16.2. The molecular weight excluding hydrogens is 234 g/mol. The van der Waals surface area contributed by atoms with E-state index in [1.807, 2.05) is 0 Å². The molecule has 2 atom stereocenters. The highest BCUT2D eigenvalue weighted by Crippen LogP contribution is 2.23. The van der Waals surface area contributed by atoms with Gasteiger partial charge in [0.1, 0.15) is 0 Å². The average molecular weight is 263 g/mol. The Bertz CT molecular complexity index is 345. The predicted molar refractivity (Wildman–Crippen MR) is 82.2 cm³/mol. The van der Waals surface area contributed by atoms with E-state index in [-0.39, 0.29) is 12.1 Å². The van der Waals surface area contributed by atoms with Gasteiger partial charge in [-0.25, -0.2) is 0 Å². The van der Waals surface area contributed by atoms with E-state index < -0.39 is 0 Å². The zero-order valence-corrected chi connectivity index (χ0v) is 12.9. The van der Waals surface area contributed by atoms with Crippen LogP contribution in [-0.2, 0) is 4.74 Å². The Balaban J connectivity index is 2.59. The molecule has 0 aliphatic heterocycles. The van der Waals surface area contributed by atoms with Gasteiger partial charge in [0.25, 0.3) is 0 Å².